The maximum Gasteiger partial charge on any atom is 0.319 e. The minimum atomic E-state index is -0.586. The lowest BCUT2D eigenvalue weighted by Gasteiger charge is -2.32. The summed E-state index contributed by atoms with van der Waals surface area (Å²) in [4.78, 5) is 38.1. The molecule has 2 aliphatic rings. The second-order valence-electron chi connectivity index (χ2n) is 9.86. The fourth-order valence-corrected chi connectivity index (χ4v) is 5.40. The van der Waals surface area contributed by atoms with Gasteiger partial charge in [0.2, 0.25) is 5.91 Å². The molecular formula is C28H27FN6O3S. The van der Waals surface area contributed by atoms with Gasteiger partial charge in [0, 0.05) is 55.9 Å². The smallest absolute Gasteiger partial charge is 0.319 e. The second kappa shape index (κ2) is 10.6. The summed E-state index contributed by atoms with van der Waals surface area (Å²) in [6.07, 6.45) is 5.36. The van der Waals surface area contributed by atoms with Crippen molar-refractivity contribution in [1.29, 1.82) is 0 Å². The lowest BCUT2D eigenvalue weighted by molar-refractivity contribution is -0.136. The molecule has 0 atom stereocenters. The van der Waals surface area contributed by atoms with E-state index in [1.54, 1.807) is 24.5 Å². The molecule has 1 saturated heterocycles. The van der Waals surface area contributed by atoms with Crippen molar-refractivity contribution in [2.45, 2.75) is 25.4 Å². The predicted octanol–water partition coefficient (Wildman–Crippen LogP) is 4.85. The molecule has 4 heterocycles. The summed E-state index contributed by atoms with van der Waals surface area (Å²) in [5, 5.41) is 5.45. The molecule has 3 amide bonds. The van der Waals surface area contributed by atoms with Crippen molar-refractivity contribution in [3.8, 4) is 22.1 Å². The van der Waals surface area contributed by atoms with E-state index in [2.05, 4.69) is 20.6 Å². The topological polar surface area (TPSA) is 99.7 Å². The third kappa shape index (κ3) is 5.84. The highest BCUT2D eigenvalue weighted by molar-refractivity contribution is 7.22. The van der Waals surface area contributed by atoms with Gasteiger partial charge in [0.25, 0.3) is 0 Å². The number of nitrogens with zero attached hydrogens (tertiary/aromatic N) is 4. The van der Waals surface area contributed by atoms with Crippen LogP contribution in [0.4, 0.5) is 14.9 Å². The number of hydrogen-bond donors (Lipinski definition) is 2. The zero-order chi connectivity index (χ0) is 26.9. The first-order valence-corrected chi connectivity index (χ1v) is 13.6. The molecule has 0 radical (unpaired) electrons. The summed E-state index contributed by atoms with van der Waals surface area (Å²) in [7, 11) is 1.95. The average Bonchev–Trinajstić information content (AvgIpc) is 3.61. The van der Waals surface area contributed by atoms with Crippen LogP contribution >= 0.6 is 11.3 Å². The first-order valence-electron chi connectivity index (χ1n) is 12.8. The Labute approximate surface area is 228 Å². The molecule has 1 saturated carbocycles. The highest BCUT2D eigenvalue weighted by atomic mass is 32.1. The van der Waals surface area contributed by atoms with Crippen LogP contribution < -0.4 is 15.4 Å². The van der Waals surface area contributed by atoms with Crippen LogP contribution in [0.15, 0.2) is 54.9 Å². The van der Waals surface area contributed by atoms with E-state index in [1.165, 1.54) is 23.5 Å². The number of fused-ring (bicyclic) bond motifs is 1. The van der Waals surface area contributed by atoms with E-state index < -0.39 is 5.82 Å². The highest BCUT2D eigenvalue weighted by Crippen LogP contribution is 2.39. The number of ether oxygens (including phenoxy) is 1. The Morgan fingerprint density at radius 3 is 2.74 bits per heavy atom. The molecule has 2 N–H and O–H groups in total. The molecule has 0 bridgehead atoms. The van der Waals surface area contributed by atoms with Gasteiger partial charge in [-0.15, -0.1) is 11.3 Å². The number of benzene rings is 1. The molecule has 2 fully saturated rings. The summed E-state index contributed by atoms with van der Waals surface area (Å²) in [5.74, 6) is 0.0634. The number of rotatable bonds is 7. The van der Waals surface area contributed by atoms with Gasteiger partial charge in [0.15, 0.2) is 11.6 Å². The fraction of sp³-hybridized carbons (Fsp3) is 0.286. The van der Waals surface area contributed by atoms with Gasteiger partial charge in [-0.2, -0.15) is 0 Å². The number of anilines is 1. The molecule has 9 nitrogen and oxygen atoms in total. The predicted molar refractivity (Wildman–Crippen MR) is 147 cm³/mol. The first-order chi connectivity index (χ1) is 18.9. The molecule has 1 aliphatic heterocycles. The third-order valence-electron chi connectivity index (χ3n) is 6.66. The average molecular weight is 547 g/mol. The molecule has 0 spiro atoms. The lowest BCUT2D eigenvalue weighted by Crippen LogP contribution is -2.48. The van der Waals surface area contributed by atoms with Crippen molar-refractivity contribution in [3.05, 3.63) is 66.2 Å². The van der Waals surface area contributed by atoms with Crippen molar-refractivity contribution in [3.63, 3.8) is 0 Å². The summed E-state index contributed by atoms with van der Waals surface area (Å²) in [6.45, 7) is 2.54. The Morgan fingerprint density at radius 1 is 1.13 bits per heavy atom. The maximum atomic E-state index is 14.8. The monoisotopic (exact) mass is 546 g/mol. The van der Waals surface area contributed by atoms with Crippen LogP contribution in [0, 0.1) is 5.82 Å². The molecule has 1 aliphatic carbocycles. The number of nitrogens with one attached hydrogen (secondary N) is 2. The zero-order valence-electron chi connectivity index (χ0n) is 21.3. The van der Waals surface area contributed by atoms with Crippen LogP contribution in [0.2, 0.25) is 0 Å². The summed E-state index contributed by atoms with van der Waals surface area (Å²) < 4.78 is 21.5. The summed E-state index contributed by atoms with van der Waals surface area (Å²) in [6, 6.07) is 11.7. The van der Waals surface area contributed by atoms with Crippen molar-refractivity contribution < 1.29 is 18.7 Å². The van der Waals surface area contributed by atoms with Gasteiger partial charge in [-0.25, -0.2) is 9.18 Å². The Hall–Kier alpha value is -4.09. The zero-order valence-corrected chi connectivity index (χ0v) is 22.1. The second-order valence-corrected chi connectivity index (χ2v) is 10.9. The maximum absolute atomic E-state index is 14.8. The summed E-state index contributed by atoms with van der Waals surface area (Å²) >= 11 is 1.46. The van der Waals surface area contributed by atoms with E-state index in [0.29, 0.717) is 31.1 Å². The van der Waals surface area contributed by atoms with Crippen LogP contribution in [0.3, 0.4) is 0 Å². The third-order valence-corrected chi connectivity index (χ3v) is 7.82. The van der Waals surface area contributed by atoms with Crippen molar-refractivity contribution in [1.82, 2.24) is 25.1 Å². The van der Waals surface area contributed by atoms with Crippen molar-refractivity contribution >= 4 is 39.2 Å². The van der Waals surface area contributed by atoms with E-state index in [-0.39, 0.29) is 23.7 Å². The van der Waals surface area contributed by atoms with Crippen molar-refractivity contribution in [2.75, 3.05) is 32.0 Å². The molecule has 39 heavy (non-hydrogen) atoms. The standard InChI is InChI=1S/C28H27FN6O3S/c1-34-10-11-35(26(36)16-34)15-17-2-6-21(31-14-17)25-13-22-27(39-25)24(8-9-30-22)38-23-7-5-19(12-20(23)29)33-28(37)32-18-3-4-18/h2,5-9,12-14,18H,3-4,10-11,15-16H2,1H3,(H2,32,33,37). The molecule has 1 aromatic carbocycles. The molecule has 3 aromatic heterocycles. The fourth-order valence-electron chi connectivity index (χ4n) is 4.36. The number of urea groups is 1. The van der Waals surface area contributed by atoms with Gasteiger partial charge in [-0.05, 0) is 49.7 Å². The van der Waals surface area contributed by atoms with Crippen LogP contribution in [-0.4, -0.2) is 64.4 Å². The van der Waals surface area contributed by atoms with E-state index in [0.717, 1.165) is 45.7 Å². The Morgan fingerprint density at radius 2 is 2.00 bits per heavy atom. The van der Waals surface area contributed by atoms with Gasteiger partial charge < -0.3 is 20.3 Å². The van der Waals surface area contributed by atoms with Crippen LogP contribution in [0.1, 0.15) is 18.4 Å². The lowest BCUT2D eigenvalue weighted by atomic mass is 10.2. The van der Waals surface area contributed by atoms with Crippen LogP contribution in [0.5, 0.6) is 11.5 Å². The van der Waals surface area contributed by atoms with E-state index >= 15 is 0 Å². The number of thiophene rings is 1. The van der Waals surface area contributed by atoms with Gasteiger partial charge in [0.05, 0.1) is 27.3 Å². The number of piperazine rings is 1. The molecular weight excluding hydrogens is 519 g/mol. The number of carbonyl (C=O) groups is 2. The number of likely N-dealkylation sites (N-methyl/N-ethyl adjacent to an activating group) is 1. The Balaban J connectivity index is 1.16. The number of aromatic nitrogens is 2. The number of amides is 3. The van der Waals surface area contributed by atoms with E-state index in [1.807, 2.05) is 35.0 Å². The quantitative estimate of drug-likeness (QED) is 0.344. The van der Waals surface area contributed by atoms with Gasteiger partial charge >= 0.3 is 6.03 Å². The number of carbonyl (C=O) groups excluding carboxylic acids is 2. The van der Waals surface area contributed by atoms with E-state index in [4.69, 9.17) is 4.74 Å². The summed E-state index contributed by atoms with van der Waals surface area (Å²) in [5.41, 5.74) is 2.82. The van der Waals surface area contributed by atoms with Gasteiger partial charge in [-0.1, -0.05) is 6.07 Å². The van der Waals surface area contributed by atoms with E-state index in [9.17, 15) is 14.0 Å². The molecule has 11 heteroatoms. The number of hydrogen-bond acceptors (Lipinski definition) is 7. The SMILES string of the molecule is CN1CCN(Cc2ccc(-c3cc4nccc(Oc5ccc(NC(=O)NC6CC6)cc5F)c4s3)nc2)C(=O)C1. The Kier molecular flexibility index (Phi) is 6.84. The molecule has 6 rings (SSSR count). The van der Waals surface area contributed by atoms with Crippen LogP contribution in [-0.2, 0) is 11.3 Å². The Bertz CT molecular complexity index is 1540. The first kappa shape index (κ1) is 25.2. The highest BCUT2D eigenvalue weighted by Gasteiger charge is 2.24. The minimum absolute atomic E-state index is 0.0477. The minimum Gasteiger partial charge on any atom is -0.453 e. The number of halogens is 1. The van der Waals surface area contributed by atoms with Gasteiger partial charge in [-0.3, -0.25) is 19.7 Å². The molecule has 4 aromatic rings. The van der Waals surface area contributed by atoms with Gasteiger partial charge in [0.1, 0.15) is 5.75 Å². The molecule has 0 unspecified atom stereocenters. The largest absolute Gasteiger partial charge is 0.453 e. The normalized spacial score (nSPS) is 15.9. The number of pyridine rings is 2. The van der Waals surface area contributed by atoms with Crippen LogP contribution in [0.25, 0.3) is 20.8 Å². The molecule has 200 valence electrons. The van der Waals surface area contributed by atoms with Crippen molar-refractivity contribution in [2.24, 2.45) is 0 Å².